The summed E-state index contributed by atoms with van der Waals surface area (Å²) in [5, 5.41) is 8.22. The molecule has 2 nitrogen and oxygen atoms in total. The van der Waals surface area contributed by atoms with Gasteiger partial charge in [-0.2, -0.15) is 9.65 Å². The van der Waals surface area contributed by atoms with Gasteiger partial charge in [-0.05, 0) is 6.92 Å². The van der Waals surface area contributed by atoms with Crippen molar-refractivity contribution in [2.45, 2.75) is 13.3 Å². The van der Waals surface area contributed by atoms with Gasteiger partial charge in [0.05, 0.1) is 18.2 Å². The molecule has 0 N–H and O–H groups in total. The Morgan fingerprint density at radius 3 is 2.46 bits per heavy atom. The molecule has 0 radical (unpaired) electrons. The van der Waals surface area contributed by atoms with Gasteiger partial charge < -0.3 is 0 Å². The molecule has 1 aromatic rings. The minimum atomic E-state index is -1.38. The monoisotopic (exact) mass is 186 g/mol. The molecular formula is C8H5F3N2. The second kappa shape index (κ2) is 3.44. The molecule has 1 heterocycles. The number of rotatable bonds is 1. The Kier molecular flexibility index (Phi) is 2.52. The fraction of sp³-hybridized carbons (Fsp3) is 0.250. The second-order valence-corrected chi connectivity index (χ2v) is 2.43. The summed E-state index contributed by atoms with van der Waals surface area (Å²) in [5.74, 6) is -3.71. The van der Waals surface area contributed by atoms with E-state index < -0.39 is 29.6 Å². The van der Waals surface area contributed by atoms with E-state index in [-0.39, 0.29) is 5.69 Å². The molecule has 5 heteroatoms. The Bertz CT molecular complexity index is 356. The predicted octanol–water partition coefficient (Wildman–Crippen LogP) is 1.87. The highest BCUT2D eigenvalue weighted by Crippen LogP contribution is 2.16. The maximum atomic E-state index is 13.0. The lowest BCUT2D eigenvalue weighted by molar-refractivity contribution is 0.449. The van der Waals surface area contributed by atoms with Crippen LogP contribution in [0.25, 0.3) is 0 Å². The Balaban J connectivity index is 3.39. The first-order valence-corrected chi connectivity index (χ1v) is 3.44. The minimum Gasteiger partial charge on any atom is -0.219 e. The van der Waals surface area contributed by atoms with Gasteiger partial charge in [0.25, 0.3) is 0 Å². The summed E-state index contributed by atoms with van der Waals surface area (Å²) >= 11 is 0. The van der Waals surface area contributed by atoms with Crippen molar-refractivity contribution >= 4 is 0 Å². The van der Waals surface area contributed by atoms with E-state index in [4.69, 9.17) is 5.26 Å². The highest BCUT2D eigenvalue weighted by molar-refractivity contribution is 5.23. The van der Waals surface area contributed by atoms with Crippen molar-refractivity contribution in [2.75, 3.05) is 0 Å². The third-order valence-electron chi connectivity index (χ3n) is 1.55. The van der Waals surface area contributed by atoms with Crippen LogP contribution in [0.2, 0.25) is 0 Å². The van der Waals surface area contributed by atoms with Gasteiger partial charge in [0, 0.05) is 5.56 Å². The smallest absolute Gasteiger partial charge is 0.219 e. The SMILES string of the molecule is Cc1nc(F)c(F)c(CC#N)c1F. The Labute approximate surface area is 72.6 Å². The van der Waals surface area contributed by atoms with E-state index in [1.165, 1.54) is 6.92 Å². The van der Waals surface area contributed by atoms with Crippen LogP contribution in [-0.4, -0.2) is 4.98 Å². The van der Waals surface area contributed by atoms with Crippen LogP contribution in [0, 0.1) is 35.8 Å². The molecule has 0 saturated carbocycles. The van der Waals surface area contributed by atoms with E-state index in [1.807, 2.05) is 0 Å². The van der Waals surface area contributed by atoms with E-state index >= 15 is 0 Å². The van der Waals surface area contributed by atoms with Gasteiger partial charge in [-0.1, -0.05) is 0 Å². The molecule has 1 aromatic heterocycles. The molecule has 68 valence electrons. The molecule has 0 aliphatic carbocycles. The van der Waals surface area contributed by atoms with Crippen LogP contribution in [0.1, 0.15) is 11.3 Å². The summed E-state index contributed by atoms with van der Waals surface area (Å²) in [7, 11) is 0. The van der Waals surface area contributed by atoms with Crippen LogP contribution in [0.5, 0.6) is 0 Å². The standard InChI is InChI=1S/C8H5F3N2/c1-4-6(9)5(2-3-12)7(10)8(11)13-4/h2H2,1H3. The lowest BCUT2D eigenvalue weighted by Crippen LogP contribution is -2.04. The predicted molar refractivity (Wildman–Crippen MR) is 38.2 cm³/mol. The largest absolute Gasteiger partial charge is 0.249 e. The summed E-state index contributed by atoms with van der Waals surface area (Å²) in [6.45, 7) is 1.21. The number of halogens is 3. The van der Waals surface area contributed by atoms with Crippen molar-refractivity contribution in [2.24, 2.45) is 0 Å². The molecule has 0 amide bonds. The molecule has 0 unspecified atom stereocenters. The van der Waals surface area contributed by atoms with E-state index in [9.17, 15) is 13.2 Å². The van der Waals surface area contributed by atoms with Crippen molar-refractivity contribution in [3.8, 4) is 6.07 Å². The van der Waals surface area contributed by atoms with Crippen molar-refractivity contribution in [3.63, 3.8) is 0 Å². The molecule has 0 fully saturated rings. The number of hydrogen-bond acceptors (Lipinski definition) is 2. The number of hydrogen-bond donors (Lipinski definition) is 0. The molecule has 0 saturated heterocycles. The van der Waals surface area contributed by atoms with Gasteiger partial charge in [0.2, 0.25) is 5.95 Å². The summed E-state index contributed by atoms with van der Waals surface area (Å²) in [6, 6.07) is 1.55. The fourth-order valence-electron chi connectivity index (χ4n) is 0.919. The summed E-state index contributed by atoms with van der Waals surface area (Å²) < 4.78 is 38.4. The van der Waals surface area contributed by atoms with Crippen molar-refractivity contribution in [3.05, 3.63) is 28.8 Å². The summed E-state index contributed by atoms with van der Waals surface area (Å²) in [5.41, 5.74) is -0.809. The zero-order valence-corrected chi connectivity index (χ0v) is 6.74. The van der Waals surface area contributed by atoms with Gasteiger partial charge in [-0.3, -0.25) is 0 Å². The van der Waals surface area contributed by atoms with Crippen molar-refractivity contribution < 1.29 is 13.2 Å². The number of nitrogens with zero attached hydrogens (tertiary/aromatic N) is 2. The Morgan fingerprint density at radius 1 is 1.31 bits per heavy atom. The minimum absolute atomic E-state index is 0.246. The Hall–Kier alpha value is -1.57. The van der Waals surface area contributed by atoms with Crippen molar-refractivity contribution in [1.82, 2.24) is 4.98 Å². The van der Waals surface area contributed by atoms with E-state index in [2.05, 4.69) is 4.98 Å². The molecule has 1 rings (SSSR count). The van der Waals surface area contributed by atoms with Crippen LogP contribution >= 0.6 is 0 Å². The zero-order valence-electron chi connectivity index (χ0n) is 6.74. The van der Waals surface area contributed by atoms with Gasteiger partial charge in [0.15, 0.2) is 11.6 Å². The first kappa shape index (κ1) is 9.52. The van der Waals surface area contributed by atoms with E-state index in [0.29, 0.717) is 0 Å². The lowest BCUT2D eigenvalue weighted by Gasteiger charge is -2.03. The average molecular weight is 186 g/mol. The summed E-state index contributed by atoms with van der Waals surface area (Å²) in [4.78, 5) is 2.99. The maximum Gasteiger partial charge on any atom is 0.249 e. The quantitative estimate of drug-likeness (QED) is 0.628. The maximum absolute atomic E-state index is 13.0. The first-order valence-electron chi connectivity index (χ1n) is 3.44. The van der Waals surface area contributed by atoms with Crippen LogP contribution < -0.4 is 0 Å². The fourth-order valence-corrected chi connectivity index (χ4v) is 0.919. The lowest BCUT2D eigenvalue weighted by atomic mass is 10.1. The molecule has 0 aromatic carbocycles. The molecule has 13 heavy (non-hydrogen) atoms. The zero-order chi connectivity index (χ0) is 10.0. The van der Waals surface area contributed by atoms with E-state index in [0.717, 1.165) is 0 Å². The highest BCUT2D eigenvalue weighted by Gasteiger charge is 2.17. The van der Waals surface area contributed by atoms with Gasteiger partial charge in [-0.25, -0.2) is 13.8 Å². The number of nitriles is 1. The summed E-state index contributed by atoms with van der Waals surface area (Å²) in [6.07, 6.45) is -0.502. The number of pyridine rings is 1. The van der Waals surface area contributed by atoms with Gasteiger partial charge in [-0.15, -0.1) is 0 Å². The molecule has 0 aliphatic heterocycles. The molecule has 0 bridgehead atoms. The van der Waals surface area contributed by atoms with Crippen molar-refractivity contribution in [1.29, 1.82) is 5.26 Å². The van der Waals surface area contributed by atoms with Crippen LogP contribution in [0.4, 0.5) is 13.2 Å². The number of aryl methyl sites for hydroxylation is 1. The first-order chi connectivity index (χ1) is 6.07. The number of aromatic nitrogens is 1. The van der Waals surface area contributed by atoms with Gasteiger partial charge >= 0.3 is 0 Å². The third kappa shape index (κ3) is 1.61. The topological polar surface area (TPSA) is 36.7 Å². The Morgan fingerprint density at radius 2 is 1.92 bits per heavy atom. The molecule has 0 spiro atoms. The normalized spacial score (nSPS) is 9.77. The van der Waals surface area contributed by atoms with Gasteiger partial charge in [0.1, 0.15) is 0 Å². The van der Waals surface area contributed by atoms with Crippen LogP contribution in [0.3, 0.4) is 0 Å². The van der Waals surface area contributed by atoms with E-state index in [1.54, 1.807) is 6.07 Å². The van der Waals surface area contributed by atoms with Crippen LogP contribution in [0.15, 0.2) is 0 Å². The third-order valence-corrected chi connectivity index (χ3v) is 1.55. The second-order valence-electron chi connectivity index (χ2n) is 2.43. The molecular weight excluding hydrogens is 181 g/mol. The molecule has 0 atom stereocenters. The highest BCUT2D eigenvalue weighted by atomic mass is 19.2. The average Bonchev–Trinajstić information content (AvgIpc) is 2.09. The molecule has 0 aliphatic rings. The van der Waals surface area contributed by atoms with Crippen LogP contribution in [-0.2, 0) is 6.42 Å².